The van der Waals surface area contributed by atoms with Crippen LogP contribution in [0.3, 0.4) is 0 Å². The van der Waals surface area contributed by atoms with Crippen molar-refractivity contribution in [2.24, 2.45) is 0 Å². The van der Waals surface area contributed by atoms with E-state index in [0.717, 1.165) is 27.3 Å². The number of hydrogen-bond donors (Lipinski definition) is 1. The number of amides is 1. The van der Waals surface area contributed by atoms with E-state index in [1.807, 2.05) is 39.0 Å². The van der Waals surface area contributed by atoms with Crippen LogP contribution in [0.4, 0.5) is 11.4 Å². The van der Waals surface area contributed by atoms with Gasteiger partial charge in [-0.2, -0.15) is 0 Å². The van der Waals surface area contributed by atoms with Gasteiger partial charge in [-0.05, 0) is 51.3 Å². The molecule has 0 bridgehead atoms. The van der Waals surface area contributed by atoms with Gasteiger partial charge in [-0.3, -0.25) is 19.2 Å². The minimum atomic E-state index is -3.89. The van der Waals surface area contributed by atoms with Crippen LogP contribution in [-0.4, -0.2) is 31.5 Å². The number of non-ortho nitro benzene ring substituents is 1. The Bertz CT molecular complexity index is 1080. The molecule has 30 heavy (non-hydrogen) atoms. The number of nitro groups is 1. The zero-order valence-electron chi connectivity index (χ0n) is 18.0. The topological polar surface area (TPSA) is 110 Å². The van der Waals surface area contributed by atoms with Crippen molar-refractivity contribution in [2.75, 3.05) is 10.6 Å². The molecule has 2 unspecified atom stereocenters. The van der Waals surface area contributed by atoms with E-state index in [4.69, 9.17) is 0 Å². The van der Waals surface area contributed by atoms with E-state index < -0.39 is 26.9 Å². The van der Waals surface area contributed by atoms with Crippen molar-refractivity contribution in [3.8, 4) is 0 Å². The van der Waals surface area contributed by atoms with Crippen molar-refractivity contribution in [2.45, 2.75) is 46.7 Å². The molecule has 1 amide bonds. The zero-order valence-corrected chi connectivity index (χ0v) is 18.8. The highest BCUT2D eigenvalue weighted by atomic mass is 32.2. The van der Waals surface area contributed by atoms with Crippen molar-refractivity contribution < 1.29 is 18.1 Å². The summed E-state index contributed by atoms with van der Waals surface area (Å²) in [6, 6.07) is 8.42. The molecule has 1 N–H and O–H groups in total. The van der Waals surface area contributed by atoms with E-state index >= 15 is 0 Å². The van der Waals surface area contributed by atoms with E-state index in [-0.39, 0.29) is 17.4 Å². The fourth-order valence-electron chi connectivity index (χ4n) is 3.37. The number of nitro benzene ring substituents is 1. The van der Waals surface area contributed by atoms with Crippen LogP contribution in [0.15, 0.2) is 36.4 Å². The predicted octanol–water partition coefficient (Wildman–Crippen LogP) is 3.55. The highest BCUT2D eigenvalue weighted by molar-refractivity contribution is 7.92. The monoisotopic (exact) mass is 433 g/mol. The highest BCUT2D eigenvalue weighted by Crippen LogP contribution is 2.29. The summed E-state index contributed by atoms with van der Waals surface area (Å²) < 4.78 is 26.0. The minimum Gasteiger partial charge on any atom is -0.348 e. The number of sulfonamides is 1. The van der Waals surface area contributed by atoms with E-state index in [1.165, 1.54) is 25.1 Å². The van der Waals surface area contributed by atoms with Gasteiger partial charge in [0.15, 0.2) is 0 Å². The molecule has 0 aliphatic carbocycles. The van der Waals surface area contributed by atoms with E-state index in [2.05, 4.69) is 5.32 Å². The van der Waals surface area contributed by atoms with Gasteiger partial charge in [0.05, 0.1) is 22.9 Å². The van der Waals surface area contributed by atoms with Crippen LogP contribution in [0.25, 0.3) is 0 Å². The van der Waals surface area contributed by atoms with Gasteiger partial charge in [-0.1, -0.05) is 29.8 Å². The van der Waals surface area contributed by atoms with Gasteiger partial charge in [0.1, 0.15) is 6.04 Å². The number of hydrogen-bond acceptors (Lipinski definition) is 5. The number of nitrogens with zero attached hydrogens (tertiary/aromatic N) is 2. The second kappa shape index (κ2) is 8.83. The number of aryl methyl sites for hydroxylation is 3. The van der Waals surface area contributed by atoms with Crippen molar-refractivity contribution in [1.82, 2.24) is 5.32 Å². The highest BCUT2D eigenvalue weighted by Gasteiger charge is 2.32. The standard InChI is InChI=1S/C21H27N3O5S/c1-13-7-8-14(2)19(11-13)16(4)22-21(25)17(5)23(30(6,28)29)20-12-18(24(26)27)10-9-15(20)3/h7-12,16-17H,1-6H3,(H,22,25). The molecule has 162 valence electrons. The molecule has 0 aliphatic rings. The van der Waals surface area contributed by atoms with Crippen LogP contribution in [0.1, 0.15) is 42.1 Å². The first-order valence-electron chi connectivity index (χ1n) is 9.45. The third-order valence-corrected chi connectivity index (χ3v) is 6.22. The van der Waals surface area contributed by atoms with Crippen molar-refractivity contribution in [3.63, 3.8) is 0 Å². The van der Waals surface area contributed by atoms with E-state index in [1.54, 1.807) is 6.92 Å². The molecule has 0 saturated heterocycles. The van der Waals surface area contributed by atoms with E-state index in [9.17, 15) is 23.3 Å². The molecule has 0 aromatic heterocycles. The molecule has 9 heteroatoms. The zero-order chi connectivity index (χ0) is 22.8. The van der Waals surface area contributed by atoms with Crippen LogP contribution >= 0.6 is 0 Å². The number of benzene rings is 2. The second-order valence-electron chi connectivity index (χ2n) is 7.55. The van der Waals surface area contributed by atoms with Crippen molar-refractivity contribution >= 4 is 27.3 Å². The summed E-state index contributed by atoms with van der Waals surface area (Å²) in [5.74, 6) is -0.500. The summed E-state index contributed by atoms with van der Waals surface area (Å²) >= 11 is 0. The first-order chi connectivity index (χ1) is 13.8. The van der Waals surface area contributed by atoms with Gasteiger partial charge in [-0.25, -0.2) is 8.42 Å². The summed E-state index contributed by atoms with van der Waals surface area (Å²) in [7, 11) is -3.89. The lowest BCUT2D eigenvalue weighted by Gasteiger charge is -2.30. The first-order valence-corrected chi connectivity index (χ1v) is 11.3. The Balaban J connectivity index is 2.40. The maximum atomic E-state index is 13.0. The normalized spacial score (nSPS) is 13.4. The minimum absolute atomic E-state index is 0.105. The lowest BCUT2D eigenvalue weighted by Crippen LogP contribution is -2.48. The fourth-order valence-corrected chi connectivity index (χ4v) is 4.59. The van der Waals surface area contributed by atoms with Gasteiger partial charge < -0.3 is 5.32 Å². The van der Waals surface area contributed by atoms with Crippen LogP contribution in [0.2, 0.25) is 0 Å². The molecule has 2 aromatic rings. The Labute approximate surface area is 177 Å². The van der Waals surface area contributed by atoms with Gasteiger partial charge in [0.2, 0.25) is 15.9 Å². The van der Waals surface area contributed by atoms with Crippen LogP contribution in [-0.2, 0) is 14.8 Å². The Kier molecular flexibility index (Phi) is 6.87. The summed E-state index contributed by atoms with van der Waals surface area (Å²) in [6.07, 6.45) is 0.975. The number of rotatable bonds is 7. The molecule has 0 fully saturated rings. The first kappa shape index (κ1) is 23.3. The molecule has 2 rings (SSSR count). The Morgan fingerprint density at radius 1 is 1.07 bits per heavy atom. The second-order valence-corrected chi connectivity index (χ2v) is 9.41. The average Bonchev–Trinajstić information content (AvgIpc) is 2.63. The van der Waals surface area contributed by atoms with Gasteiger partial charge >= 0.3 is 0 Å². The molecule has 0 radical (unpaired) electrons. The fraction of sp³-hybridized carbons (Fsp3) is 0.381. The lowest BCUT2D eigenvalue weighted by atomic mass is 10.00. The smallest absolute Gasteiger partial charge is 0.271 e. The molecule has 8 nitrogen and oxygen atoms in total. The molecule has 2 atom stereocenters. The van der Waals surface area contributed by atoms with Gasteiger partial charge in [0.25, 0.3) is 5.69 Å². The molecular weight excluding hydrogens is 406 g/mol. The number of anilines is 1. The Morgan fingerprint density at radius 3 is 2.23 bits per heavy atom. The Morgan fingerprint density at radius 2 is 1.67 bits per heavy atom. The van der Waals surface area contributed by atoms with Gasteiger partial charge in [0, 0.05) is 12.1 Å². The summed E-state index contributed by atoms with van der Waals surface area (Å²) in [5.41, 5.74) is 3.36. The van der Waals surface area contributed by atoms with Crippen molar-refractivity contribution in [1.29, 1.82) is 0 Å². The quantitative estimate of drug-likeness (QED) is 0.530. The molecule has 0 heterocycles. The third kappa shape index (κ3) is 5.15. The number of nitrogens with one attached hydrogen (secondary N) is 1. The summed E-state index contributed by atoms with van der Waals surface area (Å²) in [5, 5.41) is 14.0. The van der Waals surface area contributed by atoms with E-state index in [0.29, 0.717) is 5.56 Å². The van der Waals surface area contributed by atoms with Crippen molar-refractivity contribution in [3.05, 3.63) is 68.8 Å². The van der Waals surface area contributed by atoms with Gasteiger partial charge in [-0.15, -0.1) is 0 Å². The summed E-state index contributed by atoms with van der Waals surface area (Å²) in [6.45, 7) is 8.83. The molecule has 0 spiro atoms. The molecule has 2 aromatic carbocycles. The largest absolute Gasteiger partial charge is 0.348 e. The van der Waals surface area contributed by atoms with Crippen LogP contribution < -0.4 is 9.62 Å². The third-order valence-electron chi connectivity index (χ3n) is 4.99. The molecule has 0 aliphatic heterocycles. The number of carbonyl (C=O) groups excluding carboxylic acids is 1. The summed E-state index contributed by atoms with van der Waals surface area (Å²) in [4.78, 5) is 23.5. The molecule has 0 saturated carbocycles. The van der Waals surface area contributed by atoms with Crippen LogP contribution in [0, 0.1) is 30.9 Å². The predicted molar refractivity (Wildman–Crippen MR) is 117 cm³/mol. The average molecular weight is 434 g/mol. The molecular formula is C21H27N3O5S. The Hall–Kier alpha value is -2.94. The lowest BCUT2D eigenvalue weighted by molar-refractivity contribution is -0.384. The number of carbonyl (C=O) groups is 1. The maximum Gasteiger partial charge on any atom is 0.271 e. The van der Waals surface area contributed by atoms with Crippen LogP contribution in [0.5, 0.6) is 0 Å². The SMILES string of the molecule is Cc1ccc(C)c(C(C)NC(=O)C(C)N(c2cc([N+](=O)[O-])ccc2C)S(C)(=O)=O)c1. The maximum absolute atomic E-state index is 13.0.